The van der Waals surface area contributed by atoms with Crippen LogP contribution >= 0.6 is 0 Å². The highest BCUT2D eigenvalue weighted by molar-refractivity contribution is 5.79. The van der Waals surface area contributed by atoms with Crippen LogP contribution in [0.5, 0.6) is 0 Å². The van der Waals surface area contributed by atoms with Crippen molar-refractivity contribution in [3.8, 4) is 11.5 Å². The third-order valence-electron chi connectivity index (χ3n) is 4.38. The van der Waals surface area contributed by atoms with Crippen molar-refractivity contribution in [2.75, 3.05) is 19.6 Å². The molecule has 3 rings (SSSR count). The molecule has 0 spiro atoms. The van der Waals surface area contributed by atoms with E-state index in [1.165, 1.54) is 11.1 Å². The van der Waals surface area contributed by atoms with E-state index in [4.69, 9.17) is 4.42 Å². The summed E-state index contributed by atoms with van der Waals surface area (Å²) in [4.78, 5) is 9.22. The van der Waals surface area contributed by atoms with E-state index in [9.17, 15) is 0 Å². The maximum absolute atomic E-state index is 5.62. The van der Waals surface area contributed by atoms with E-state index in [0.717, 1.165) is 43.1 Å². The molecule has 0 aliphatic heterocycles. The zero-order chi connectivity index (χ0) is 19.6. The number of benzene rings is 2. The van der Waals surface area contributed by atoms with Crippen LogP contribution < -0.4 is 10.6 Å². The van der Waals surface area contributed by atoms with Crippen LogP contribution in [0.15, 0.2) is 70.3 Å². The van der Waals surface area contributed by atoms with Crippen LogP contribution in [0, 0.1) is 6.92 Å². The molecule has 2 N–H and O–H groups in total. The Hall–Kier alpha value is -3.08. The van der Waals surface area contributed by atoms with E-state index in [1.54, 1.807) is 6.26 Å². The number of hydrogen-bond acceptors (Lipinski definition) is 3. The monoisotopic (exact) mass is 376 g/mol. The number of guanidine groups is 1. The molecule has 5 nitrogen and oxygen atoms in total. The highest BCUT2D eigenvalue weighted by atomic mass is 16.3. The second-order valence-electron chi connectivity index (χ2n) is 6.68. The summed E-state index contributed by atoms with van der Waals surface area (Å²) in [5.74, 6) is 1.49. The molecule has 146 valence electrons. The summed E-state index contributed by atoms with van der Waals surface area (Å²) in [6.07, 6.45) is 3.43. The first-order valence-electron chi connectivity index (χ1n) is 9.82. The number of aliphatic imine (C=N–C) groups is 1. The van der Waals surface area contributed by atoms with Gasteiger partial charge in [0.2, 0.25) is 5.89 Å². The predicted molar refractivity (Wildman–Crippen MR) is 115 cm³/mol. The second kappa shape index (κ2) is 10.3. The summed E-state index contributed by atoms with van der Waals surface area (Å²) >= 11 is 0. The molecule has 1 aromatic heterocycles. The number of rotatable bonds is 8. The fourth-order valence-corrected chi connectivity index (χ4v) is 2.84. The largest absolute Gasteiger partial charge is 0.444 e. The molecule has 0 aliphatic carbocycles. The number of aryl methyl sites for hydroxylation is 1. The molecule has 0 unspecified atom stereocenters. The van der Waals surface area contributed by atoms with Crippen molar-refractivity contribution in [1.82, 2.24) is 15.6 Å². The van der Waals surface area contributed by atoms with Gasteiger partial charge in [-0.05, 0) is 38.0 Å². The Morgan fingerprint density at radius 1 is 1.00 bits per heavy atom. The Morgan fingerprint density at radius 3 is 2.54 bits per heavy atom. The molecule has 3 aromatic rings. The van der Waals surface area contributed by atoms with Crippen LogP contribution in [0.4, 0.5) is 0 Å². The Kier molecular flexibility index (Phi) is 7.24. The van der Waals surface area contributed by atoms with Crippen LogP contribution in [0.1, 0.15) is 23.7 Å². The molecule has 0 amide bonds. The smallest absolute Gasteiger partial charge is 0.226 e. The summed E-state index contributed by atoms with van der Waals surface area (Å²) in [6, 6.07) is 18.6. The number of nitrogens with zero attached hydrogens (tertiary/aromatic N) is 2. The molecule has 0 fully saturated rings. The normalized spacial score (nSPS) is 11.4. The molecular formula is C23H28N4O. The predicted octanol–water partition coefficient (Wildman–Crippen LogP) is 3.99. The van der Waals surface area contributed by atoms with E-state index >= 15 is 0 Å². The van der Waals surface area contributed by atoms with E-state index in [1.807, 2.05) is 18.2 Å². The Morgan fingerprint density at radius 2 is 1.79 bits per heavy atom. The van der Waals surface area contributed by atoms with Crippen molar-refractivity contribution in [2.45, 2.75) is 26.7 Å². The molecule has 0 saturated carbocycles. The van der Waals surface area contributed by atoms with E-state index in [0.29, 0.717) is 12.4 Å². The van der Waals surface area contributed by atoms with Crippen LogP contribution in [0.2, 0.25) is 0 Å². The number of aromatic nitrogens is 1. The third-order valence-corrected chi connectivity index (χ3v) is 4.38. The Labute approximate surface area is 166 Å². The Bertz CT molecular complexity index is 869. The number of oxazole rings is 1. The van der Waals surface area contributed by atoms with Gasteiger partial charge in [0.25, 0.3) is 0 Å². The van der Waals surface area contributed by atoms with Crippen molar-refractivity contribution in [3.63, 3.8) is 0 Å². The van der Waals surface area contributed by atoms with Gasteiger partial charge in [-0.15, -0.1) is 0 Å². The van der Waals surface area contributed by atoms with Gasteiger partial charge in [0.05, 0.1) is 5.69 Å². The zero-order valence-electron chi connectivity index (χ0n) is 16.6. The minimum Gasteiger partial charge on any atom is -0.444 e. The summed E-state index contributed by atoms with van der Waals surface area (Å²) in [5, 5.41) is 6.67. The molecule has 1 heterocycles. The van der Waals surface area contributed by atoms with Gasteiger partial charge in [-0.2, -0.15) is 0 Å². The molecule has 0 bridgehead atoms. The lowest BCUT2D eigenvalue weighted by molar-refractivity contribution is 0.572. The van der Waals surface area contributed by atoms with E-state index in [2.05, 4.69) is 70.9 Å². The Balaban J connectivity index is 1.50. The maximum atomic E-state index is 5.62. The minimum atomic E-state index is 0.653. The average Bonchev–Trinajstić information content (AvgIpc) is 3.18. The summed E-state index contributed by atoms with van der Waals surface area (Å²) in [7, 11) is 0. The van der Waals surface area contributed by atoms with Gasteiger partial charge in [0.15, 0.2) is 5.96 Å². The zero-order valence-corrected chi connectivity index (χ0v) is 16.6. The van der Waals surface area contributed by atoms with Crippen molar-refractivity contribution in [2.24, 2.45) is 4.99 Å². The highest BCUT2D eigenvalue weighted by Crippen LogP contribution is 2.19. The highest BCUT2D eigenvalue weighted by Gasteiger charge is 2.06. The second-order valence-corrected chi connectivity index (χ2v) is 6.68. The molecule has 28 heavy (non-hydrogen) atoms. The fraction of sp³-hybridized carbons (Fsp3) is 0.304. The minimum absolute atomic E-state index is 0.653. The molecule has 5 heteroatoms. The molecule has 0 atom stereocenters. The van der Waals surface area contributed by atoms with E-state index in [-0.39, 0.29) is 0 Å². The van der Waals surface area contributed by atoms with Gasteiger partial charge in [-0.1, -0.05) is 48.0 Å². The topological polar surface area (TPSA) is 62.5 Å². The van der Waals surface area contributed by atoms with Gasteiger partial charge < -0.3 is 15.1 Å². The molecule has 0 radical (unpaired) electrons. The van der Waals surface area contributed by atoms with Gasteiger partial charge in [0, 0.05) is 31.6 Å². The van der Waals surface area contributed by atoms with Crippen molar-refractivity contribution >= 4 is 5.96 Å². The molecule has 0 saturated heterocycles. The van der Waals surface area contributed by atoms with Crippen LogP contribution in [0.25, 0.3) is 11.5 Å². The van der Waals surface area contributed by atoms with Crippen molar-refractivity contribution < 1.29 is 4.42 Å². The molecule has 2 aromatic carbocycles. The van der Waals surface area contributed by atoms with E-state index < -0.39 is 0 Å². The van der Waals surface area contributed by atoms with Gasteiger partial charge in [-0.3, -0.25) is 4.99 Å². The van der Waals surface area contributed by atoms with Gasteiger partial charge in [0.1, 0.15) is 6.26 Å². The standard InChI is InChI=1S/C23H28N4O/c1-3-24-23(25-15-13-19-7-5-4-6-8-19)26-16-14-21-17-28-22(27-21)20-11-9-18(2)10-12-20/h4-12,17H,3,13-16H2,1-2H3,(H2,24,25,26). The lowest BCUT2D eigenvalue weighted by atomic mass is 10.1. The first-order chi connectivity index (χ1) is 13.7. The lowest BCUT2D eigenvalue weighted by Crippen LogP contribution is -2.38. The van der Waals surface area contributed by atoms with Gasteiger partial charge in [-0.25, -0.2) is 4.98 Å². The van der Waals surface area contributed by atoms with Crippen LogP contribution in [-0.4, -0.2) is 30.6 Å². The lowest BCUT2D eigenvalue weighted by Gasteiger charge is -2.11. The first kappa shape index (κ1) is 19.7. The molecule has 0 aliphatic rings. The summed E-state index contributed by atoms with van der Waals surface area (Å²) < 4.78 is 5.62. The van der Waals surface area contributed by atoms with Crippen molar-refractivity contribution in [1.29, 1.82) is 0 Å². The SMILES string of the molecule is CCNC(=NCCc1coc(-c2ccc(C)cc2)n1)NCCc1ccccc1. The fourth-order valence-electron chi connectivity index (χ4n) is 2.84. The van der Waals surface area contributed by atoms with Crippen LogP contribution in [0.3, 0.4) is 0 Å². The first-order valence-corrected chi connectivity index (χ1v) is 9.82. The molecular weight excluding hydrogens is 348 g/mol. The maximum Gasteiger partial charge on any atom is 0.226 e. The quantitative estimate of drug-likeness (QED) is 0.461. The van der Waals surface area contributed by atoms with Gasteiger partial charge >= 0.3 is 0 Å². The number of hydrogen-bond donors (Lipinski definition) is 2. The third kappa shape index (κ3) is 5.98. The summed E-state index contributed by atoms with van der Waals surface area (Å²) in [6.45, 7) is 6.47. The van der Waals surface area contributed by atoms with Crippen molar-refractivity contribution in [3.05, 3.63) is 77.7 Å². The van der Waals surface area contributed by atoms with Crippen LogP contribution in [-0.2, 0) is 12.8 Å². The summed E-state index contributed by atoms with van der Waals surface area (Å²) in [5.41, 5.74) is 4.45. The number of nitrogens with one attached hydrogen (secondary N) is 2. The average molecular weight is 377 g/mol.